The van der Waals surface area contributed by atoms with Crippen LogP contribution in [0.2, 0.25) is 0 Å². The second kappa shape index (κ2) is 7.39. The van der Waals surface area contributed by atoms with Crippen LogP contribution >= 0.6 is 0 Å². The van der Waals surface area contributed by atoms with Gasteiger partial charge >= 0.3 is 26.2 Å². The zero-order valence-corrected chi connectivity index (χ0v) is 11.6. The molecule has 0 atom stereocenters. The molecule has 0 bridgehead atoms. The van der Waals surface area contributed by atoms with E-state index in [-0.39, 0.29) is 51.0 Å². The molecule has 1 radical (unpaired) electrons. The average molecular weight is 307 g/mol. The molecule has 0 aromatic heterocycles. The molecule has 2 rings (SSSR count). The van der Waals surface area contributed by atoms with Crippen LogP contribution in [0, 0.1) is 0 Å². The molecule has 4 heteroatoms. The molecule has 0 aliphatic rings. The molecular formula is C10H9Cl2OZr. The van der Waals surface area contributed by atoms with Crippen LogP contribution in [0.3, 0.4) is 0 Å². The number of hydrogen-bond donors (Lipinski definition) is 0. The third-order valence-electron chi connectivity index (χ3n) is 1.85. The van der Waals surface area contributed by atoms with E-state index in [1.54, 1.807) is 7.11 Å². The van der Waals surface area contributed by atoms with E-state index >= 15 is 0 Å². The Bertz CT molecular complexity index is 373. The Morgan fingerprint density at radius 2 is 1.86 bits per heavy atom. The number of hydrogen-bond acceptors (Lipinski definition) is 1. The predicted octanol–water partition coefficient (Wildman–Crippen LogP) is -3.43. The number of fused-ring (bicyclic) bond motifs is 1. The minimum Gasteiger partial charge on any atom is -1.00 e. The van der Waals surface area contributed by atoms with Crippen LogP contribution in [0.15, 0.2) is 36.4 Å². The summed E-state index contributed by atoms with van der Waals surface area (Å²) in [6.07, 6.45) is 0. The molecule has 0 aliphatic heterocycles. The van der Waals surface area contributed by atoms with Crippen LogP contribution in [0.25, 0.3) is 10.8 Å². The molecule has 2 aromatic rings. The number of rotatable bonds is 1. The molecule has 0 amide bonds. The maximum absolute atomic E-state index is 5.09. The number of ether oxygens (including phenoxy) is 1. The minimum atomic E-state index is 0. The Labute approximate surface area is 115 Å². The van der Waals surface area contributed by atoms with E-state index in [1.807, 2.05) is 18.2 Å². The van der Waals surface area contributed by atoms with Crippen molar-refractivity contribution < 1.29 is 55.8 Å². The van der Waals surface area contributed by atoms with Crippen LogP contribution in [0.5, 0.6) is 5.75 Å². The monoisotopic (exact) mass is 305 g/mol. The molecule has 0 unspecified atom stereocenters. The van der Waals surface area contributed by atoms with Crippen molar-refractivity contribution in [2.75, 3.05) is 7.11 Å². The van der Waals surface area contributed by atoms with Crippen molar-refractivity contribution in [2.45, 2.75) is 0 Å². The molecule has 0 saturated heterocycles. The summed E-state index contributed by atoms with van der Waals surface area (Å²) in [7, 11) is 1.68. The van der Waals surface area contributed by atoms with E-state index in [2.05, 4.69) is 18.2 Å². The molecule has 14 heavy (non-hydrogen) atoms. The van der Waals surface area contributed by atoms with Crippen molar-refractivity contribution in [3.05, 3.63) is 36.4 Å². The van der Waals surface area contributed by atoms with E-state index in [0.717, 1.165) is 5.75 Å². The molecule has 0 spiro atoms. The summed E-state index contributed by atoms with van der Waals surface area (Å²) in [6, 6.07) is 12.3. The van der Waals surface area contributed by atoms with Crippen LogP contribution in [-0.2, 0) is 26.2 Å². The topological polar surface area (TPSA) is 9.23 Å². The molecular weight excluding hydrogens is 298 g/mol. The smallest absolute Gasteiger partial charge is 1.00 e. The Morgan fingerprint density at radius 1 is 1.14 bits per heavy atom. The number of halogens is 2. The number of benzene rings is 1. The van der Waals surface area contributed by atoms with Gasteiger partial charge in [0, 0.05) is 0 Å². The first kappa shape index (κ1) is 16.5. The fraction of sp³-hybridized carbons (Fsp3) is 0.100. The van der Waals surface area contributed by atoms with Gasteiger partial charge < -0.3 is 29.6 Å². The van der Waals surface area contributed by atoms with Gasteiger partial charge in [0.25, 0.3) is 0 Å². The van der Waals surface area contributed by atoms with Gasteiger partial charge in [-0.15, -0.1) is 22.9 Å². The van der Waals surface area contributed by atoms with Crippen molar-refractivity contribution in [3.63, 3.8) is 0 Å². The van der Waals surface area contributed by atoms with Gasteiger partial charge in [-0.1, -0.05) is 12.1 Å². The van der Waals surface area contributed by atoms with Crippen molar-refractivity contribution >= 4 is 10.8 Å². The predicted molar refractivity (Wildman–Crippen MR) is 46.1 cm³/mol. The van der Waals surface area contributed by atoms with Crippen molar-refractivity contribution in [2.24, 2.45) is 0 Å². The molecule has 1 nitrogen and oxygen atoms in total. The van der Waals surface area contributed by atoms with E-state index in [0.29, 0.717) is 0 Å². The minimum absolute atomic E-state index is 0. The SMILES string of the molecule is COc1ccc2[cH-]ccc2c1.[Cl-].[Cl-].[Zr+3]. The summed E-state index contributed by atoms with van der Waals surface area (Å²) < 4.78 is 5.09. The first-order valence-electron chi connectivity index (χ1n) is 3.59. The second-order valence-corrected chi connectivity index (χ2v) is 2.52. The zero-order valence-electron chi connectivity index (χ0n) is 7.63. The maximum atomic E-state index is 5.09. The quantitative estimate of drug-likeness (QED) is 0.499. The summed E-state index contributed by atoms with van der Waals surface area (Å²) in [5.74, 6) is 0.920. The van der Waals surface area contributed by atoms with Gasteiger partial charge in [0.2, 0.25) is 0 Å². The van der Waals surface area contributed by atoms with Crippen molar-refractivity contribution in [3.8, 4) is 5.75 Å². The maximum Gasteiger partial charge on any atom is 3.00 e. The third kappa shape index (κ3) is 3.34. The molecule has 73 valence electrons. The average Bonchev–Trinajstić information content (AvgIpc) is 2.50. The summed E-state index contributed by atoms with van der Waals surface area (Å²) in [6.45, 7) is 0. The first-order chi connectivity index (χ1) is 5.40. The zero-order chi connectivity index (χ0) is 7.68. The molecule has 2 aromatic carbocycles. The molecule has 0 saturated carbocycles. The Morgan fingerprint density at radius 3 is 2.50 bits per heavy atom. The van der Waals surface area contributed by atoms with Crippen molar-refractivity contribution in [1.82, 2.24) is 0 Å². The molecule has 0 fully saturated rings. The Balaban J connectivity index is 0. The summed E-state index contributed by atoms with van der Waals surface area (Å²) in [5, 5.41) is 2.51. The Kier molecular flexibility index (Phi) is 8.72. The van der Waals surface area contributed by atoms with Gasteiger partial charge in [-0.2, -0.15) is 12.1 Å². The summed E-state index contributed by atoms with van der Waals surface area (Å²) in [5.41, 5.74) is 0. The third-order valence-corrected chi connectivity index (χ3v) is 1.85. The standard InChI is InChI=1S/C10H9O.2ClH.Zr/c1-11-10-6-5-8-3-2-4-9(8)7-10;;;/h2-7H,1H3;2*1H;/q-1;;;+3/p-2. The summed E-state index contributed by atoms with van der Waals surface area (Å²) >= 11 is 0. The van der Waals surface area contributed by atoms with Gasteiger partial charge in [-0.25, -0.2) is 0 Å². The van der Waals surface area contributed by atoms with Crippen LogP contribution in [0.1, 0.15) is 0 Å². The molecule has 0 aliphatic carbocycles. The number of methoxy groups -OCH3 is 1. The van der Waals surface area contributed by atoms with Gasteiger partial charge in [0.15, 0.2) is 0 Å². The van der Waals surface area contributed by atoms with Gasteiger partial charge in [-0.3, -0.25) is 0 Å². The van der Waals surface area contributed by atoms with E-state index < -0.39 is 0 Å². The van der Waals surface area contributed by atoms with Crippen molar-refractivity contribution in [1.29, 1.82) is 0 Å². The van der Waals surface area contributed by atoms with E-state index in [9.17, 15) is 0 Å². The normalized spacial score (nSPS) is 8.07. The van der Waals surface area contributed by atoms with Crippen LogP contribution in [0.4, 0.5) is 0 Å². The van der Waals surface area contributed by atoms with E-state index in [4.69, 9.17) is 4.74 Å². The van der Waals surface area contributed by atoms with Gasteiger partial charge in [0.05, 0.1) is 12.9 Å². The fourth-order valence-corrected chi connectivity index (χ4v) is 1.23. The van der Waals surface area contributed by atoms with Crippen LogP contribution in [-0.4, -0.2) is 7.11 Å². The fourth-order valence-electron chi connectivity index (χ4n) is 1.23. The van der Waals surface area contributed by atoms with Gasteiger partial charge in [0.1, 0.15) is 0 Å². The first-order valence-corrected chi connectivity index (χ1v) is 3.59. The summed E-state index contributed by atoms with van der Waals surface area (Å²) in [4.78, 5) is 0. The largest absolute Gasteiger partial charge is 3.00 e. The van der Waals surface area contributed by atoms with Gasteiger partial charge in [-0.05, 0) is 0 Å². The molecule has 0 N–H and O–H groups in total. The molecule has 0 heterocycles. The van der Waals surface area contributed by atoms with E-state index in [1.165, 1.54) is 10.8 Å². The second-order valence-electron chi connectivity index (χ2n) is 2.52. The Hall–Kier alpha value is 0.0931. The van der Waals surface area contributed by atoms with Crippen LogP contribution < -0.4 is 29.6 Å².